The maximum Gasteiger partial charge on any atom is 0.337 e. The fourth-order valence-corrected chi connectivity index (χ4v) is 2.54. The first-order chi connectivity index (χ1) is 6.58. The lowest BCUT2D eigenvalue weighted by Gasteiger charge is -1.99. The Balaban J connectivity index is 2.76. The molecule has 5 heteroatoms. The summed E-state index contributed by atoms with van der Waals surface area (Å²) in [6.45, 7) is 0. The van der Waals surface area contributed by atoms with Crippen molar-refractivity contribution in [2.45, 2.75) is 4.21 Å². The predicted octanol–water partition coefficient (Wildman–Crippen LogP) is 2.47. The van der Waals surface area contributed by atoms with Crippen LogP contribution in [0.15, 0.2) is 22.4 Å². The second-order valence-electron chi connectivity index (χ2n) is 2.87. The van der Waals surface area contributed by atoms with Crippen LogP contribution in [0.5, 0.6) is 0 Å². The Bertz CT molecular complexity index is 519. The molecule has 2 aromatic rings. The van der Waals surface area contributed by atoms with Gasteiger partial charge in [-0.15, -0.1) is 24.0 Å². The van der Waals surface area contributed by atoms with Crippen LogP contribution in [0.2, 0.25) is 0 Å². The number of carboxylic acids is 1. The smallest absolute Gasteiger partial charge is 0.337 e. The lowest BCUT2D eigenvalue weighted by molar-refractivity contribution is 0.0698. The van der Waals surface area contributed by atoms with Gasteiger partial charge in [0.2, 0.25) is 0 Å². The van der Waals surface area contributed by atoms with E-state index in [0.717, 1.165) is 14.3 Å². The molecular weight excluding hydrogens is 218 g/mol. The van der Waals surface area contributed by atoms with E-state index in [9.17, 15) is 4.79 Å². The molecule has 0 radical (unpaired) electrons. The van der Waals surface area contributed by atoms with Crippen molar-refractivity contribution in [2.24, 2.45) is 0 Å². The lowest BCUT2D eigenvalue weighted by atomic mass is 10.1. The van der Waals surface area contributed by atoms with Crippen molar-refractivity contribution in [1.29, 1.82) is 0 Å². The van der Waals surface area contributed by atoms with Gasteiger partial charge in [0, 0.05) is 10.4 Å². The van der Waals surface area contributed by atoms with E-state index >= 15 is 0 Å². The molecule has 0 amide bonds. The van der Waals surface area contributed by atoms with Crippen LogP contribution in [0, 0.1) is 0 Å². The van der Waals surface area contributed by atoms with Crippen molar-refractivity contribution < 1.29 is 9.90 Å². The second kappa shape index (κ2) is 3.18. The Hall–Kier alpha value is -1.20. The molecular formula is C9H7NO2S2. The molecule has 0 bridgehead atoms. The topological polar surface area (TPSA) is 63.3 Å². The van der Waals surface area contributed by atoms with Gasteiger partial charge >= 0.3 is 5.97 Å². The number of nitrogens with two attached hydrogens (primary N) is 1. The number of carbonyl (C=O) groups is 1. The number of hydrogen-bond acceptors (Lipinski definition) is 4. The highest BCUT2D eigenvalue weighted by atomic mass is 32.2. The summed E-state index contributed by atoms with van der Waals surface area (Å²) in [4.78, 5) is 10.8. The number of carboxylic acid groups (broad SMARTS) is 1. The standard InChI is InChI=1S/C9H7NO2S2/c10-6-3-7-4(2-8(13)14-7)1-5(6)9(11)12/h1-3,13H,10H2,(H,11,12). The SMILES string of the molecule is Nc1cc2sc(S)cc2cc1C(=O)O. The summed E-state index contributed by atoms with van der Waals surface area (Å²) in [6.07, 6.45) is 0. The molecule has 1 aromatic carbocycles. The van der Waals surface area contributed by atoms with Crippen LogP contribution in [-0.2, 0) is 0 Å². The van der Waals surface area contributed by atoms with Gasteiger partial charge in [0.15, 0.2) is 0 Å². The molecule has 1 aromatic heterocycles. The summed E-state index contributed by atoms with van der Waals surface area (Å²) in [5.41, 5.74) is 6.03. The van der Waals surface area contributed by atoms with Gasteiger partial charge in [-0.2, -0.15) is 0 Å². The van der Waals surface area contributed by atoms with Crippen LogP contribution in [0.25, 0.3) is 10.1 Å². The summed E-state index contributed by atoms with van der Waals surface area (Å²) in [5, 5.41) is 9.70. The van der Waals surface area contributed by atoms with E-state index in [-0.39, 0.29) is 5.56 Å². The molecule has 3 N–H and O–H groups in total. The highest BCUT2D eigenvalue weighted by Crippen LogP contribution is 2.31. The normalized spacial score (nSPS) is 10.6. The van der Waals surface area contributed by atoms with E-state index in [4.69, 9.17) is 10.8 Å². The number of aromatic carboxylic acids is 1. The molecule has 0 unspecified atom stereocenters. The van der Waals surface area contributed by atoms with Crippen molar-refractivity contribution in [3.8, 4) is 0 Å². The van der Waals surface area contributed by atoms with Gasteiger partial charge in [0.25, 0.3) is 0 Å². The quantitative estimate of drug-likeness (QED) is 0.516. The number of rotatable bonds is 1. The lowest BCUT2D eigenvalue weighted by Crippen LogP contribution is -2.01. The van der Waals surface area contributed by atoms with Crippen LogP contribution in [-0.4, -0.2) is 11.1 Å². The summed E-state index contributed by atoms with van der Waals surface area (Å²) in [7, 11) is 0. The van der Waals surface area contributed by atoms with Gasteiger partial charge in [0.1, 0.15) is 0 Å². The van der Waals surface area contributed by atoms with Crippen LogP contribution in [0.3, 0.4) is 0 Å². The number of fused-ring (bicyclic) bond motifs is 1. The van der Waals surface area contributed by atoms with E-state index in [0.29, 0.717) is 5.69 Å². The fraction of sp³-hybridized carbons (Fsp3) is 0. The van der Waals surface area contributed by atoms with Crippen LogP contribution in [0.1, 0.15) is 10.4 Å². The third kappa shape index (κ3) is 1.44. The maximum absolute atomic E-state index is 10.8. The van der Waals surface area contributed by atoms with E-state index in [1.165, 1.54) is 11.3 Å². The number of thiophene rings is 1. The Morgan fingerprint density at radius 2 is 2.14 bits per heavy atom. The van der Waals surface area contributed by atoms with Crippen LogP contribution < -0.4 is 5.73 Å². The molecule has 0 aliphatic carbocycles. The molecule has 3 nitrogen and oxygen atoms in total. The zero-order valence-electron chi connectivity index (χ0n) is 7.02. The van der Waals surface area contributed by atoms with Crippen LogP contribution in [0.4, 0.5) is 5.69 Å². The first kappa shape index (κ1) is 9.36. The predicted molar refractivity (Wildman–Crippen MR) is 60.4 cm³/mol. The van der Waals surface area contributed by atoms with E-state index in [2.05, 4.69) is 12.6 Å². The highest BCUT2D eigenvalue weighted by molar-refractivity contribution is 7.83. The number of anilines is 1. The largest absolute Gasteiger partial charge is 0.478 e. The number of nitrogen functional groups attached to an aromatic ring is 1. The first-order valence-electron chi connectivity index (χ1n) is 3.83. The minimum atomic E-state index is -1.00. The molecule has 0 saturated carbocycles. The van der Waals surface area contributed by atoms with Gasteiger partial charge in [0.05, 0.1) is 9.77 Å². The van der Waals surface area contributed by atoms with Crippen molar-refractivity contribution in [3.63, 3.8) is 0 Å². The van der Waals surface area contributed by atoms with Crippen LogP contribution >= 0.6 is 24.0 Å². The average Bonchev–Trinajstić information content (AvgIpc) is 2.42. The molecule has 0 aliphatic heterocycles. The van der Waals surface area contributed by atoms with Crippen molar-refractivity contribution in [3.05, 3.63) is 23.8 Å². The van der Waals surface area contributed by atoms with Crippen molar-refractivity contribution in [1.82, 2.24) is 0 Å². The van der Waals surface area contributed by atoms with E-state index in [1.807, 2.05) is 6.07 Å². The molecule has 72 valence electrons. The first-order valence-corrected chi connectivity index (χ1v) is 5.09. The van der Waals surface area contributed by atoms with Gasteiger partial charge < -0.3 is 10.8 Å². The van der Waals surface area contributed by atoms with Gasteiger partial charge in [-0.1, -0.05) is 0 Å². The summed E-state index contributed by atoms with van der Waals surface area (Å²) >= 11 is 5.67. The van der Waals surface area contributed by atoms with Crippen molar-refractivity contribution in [2.75, 3.05) is 5.73 Å². The monoisotopic (exact) mass is 225 g/mol. The Labute approximate surface area is 89.6 Å². The Kier molecular flexibility index (Phi) is 2.13. The fourth-order valence-electron chi connectivity index (χ4n) is 1.27. The number of thiol groups is 1. The molecule has 14 heavy (non-hydrogen) atoms. The Morgan fingerprint density at radius 3 is 2.79 bits per heavy atom. The molecule has 1 heterocycles. The molecule has 0 spiro atoms. The second-order valence-corrected chi connectivity index (χ2v) is 4.74. The van der Waals surface area contributed by atoms with Crippen molar-refractivity contribution >= 4 is 45.7 Å². The number of benzene rings is 1. The summed E-state index contributed by atoms with van der Waals surface area (Å²) < 4.78 is 1.81. The minimum Gasteiger partial charge on any atom is -0.478 e. The minimum absolute atomic E-state index is 0.142. The van der Waals surface area contributed by atoms with Gasteiger partial charge in [-0.05, 0) is 23.6 Å². The molecule has 0 aliphatic rings. The third-order valence-corrected chi connectivity index (χ3v) is 3.21. The summed E-state index contributed by atoms with van der Waals surface area (Å²) in [6, 6.07) is 5.07. The van der Waals surface area contributed by atoms with Gasteiger partial charge in [-0.3, -0.25) is 0 Å². The zero-order chi connectivity index (χ0) is 10.3. The number of hydrogen-bond donors (Lipinski definition) is 3. The van der Waals surface area contributed by atoms with Gasteiger partial charge in [-0.25, -0.2) is 4.79 Å². The summed E-state index contributed by atoms with van der Waals surface area (Å²) in [5.74, 6) is -1.00. The Morgan fingerprint density at radius 1 is 1.43 bits per heavy atom. The highest BCUT2D eigenvalue weighted by Gasteiger charge is 2.10. The maximum atomic E-state index is 10.8. The van der Waals surface area contributed by atoms with E-state index in [1.54, 1.807) is 12.1 Å². The molecule has 0 saturated heterocycles. The zero-order valence-corrected chi connectivity index (χ0v) is 8.73. The van der Waals surface area contributed by atoms with E-state index < -0.39 is 5.97 Å². The average molecular weight is 225 g/mol. The third-order valence-electron chi connectivity index (χ3n) is 1.91. The molecule has 0 fully saturated rings. The molecule has 2 rings (SSSR count). The molecule has 0 atom stereocenters.